The van der Waals surface area contributed by atoms with Crippen molar-refractivity contribution in [1.82, 2.24) is 0 Å². The molecule has 1 aliphatic rings. The van der Waals surface area contributed by atoms with E-state index in [0.29, 0.717) is 12.0 Å². The number of hydrogen-bond donors (Lipinski definition) is 1. The fourth-order valence-corrected chi connectivity index (χ4v) is 2.81. The molecule has 0 amide bonds. The van der Waals surface area contributed by atoms with Gasteiger partial charge in [0.05, 0.1) is 13.4 Å². The van der Waals surface area contributed by atoms with Crippen LogP contribution in [0.2, 0.25) is 0 Å². The average molecular weight is 262 g/mol. The smallest absolute Gasteiger partial charge is 0.171 e. The first-order valence-corrected chi connectivity index (χ1v) is 6.29. The van der Waals surface area contributed by atoms with Gasteiger partial charge in [-0.15, -0.1) is 0 Å². The SMILES string of the molecule is COc1cccc(C2(O)CCCc3occc32)c1F. The number of methoxy groups -OCH3 is 1. The predicted octanol–water partition coefficient (Wildman–Crippen LogP) is 3.00. The second kappa shape index (κ2) is 4.38. The molecule has 0 fully saturated rings. The Morgan fingerprint density at radius 3 is 2.95 bits per heavy atom. The molecule has 1 aromatic heterocycles. The molecule has 1 unspecified atom stereocenters. The van der Waals surface area contributed by atoms with Crippen molar-refractivity contribution in [1.29, 1.82) is 0 Å². The van der Waals surface area contributed by atoms with Gasteiger partial charge in [0.2, 0.25) is 0 Å². The van der Waals surface area contributed by atoms with Crippen LogP contribution in [0.25, 0.3) is 0 Å². The standard InChI is InChI=1S/C15H15FO3/c1-18-13-5-2-4-11(14(13)16)15(17)8-3-6-12-10(15)7-9-19-12/h2,4-5,7,9,17H,3,6,8H2,1H3. The molecule has 0 saturated heterocycles. The summed E-state index contributed by atoms with van der Waals surface area (Å²) in [6, 6.07) is 6.54. The fraction of sp³-hybridized carbons (Fsp3) is 0.333. The molecule has 0 spiro atoms. The summed E-state index contributed by atoms with van der Waals surface area (Å²) in [5.74, 6) is 0.360. The largest absolute Gasteiger partial charge is 0.494 e. The number of halogens is 1. The predicted molar refractivity (Wildman–Crippen MR) is 67.6 cm³/mol. The van der Waals surface area contributed by atoms with E-state index in [-0.39, 0.29) is 11.3 Å². The molecule has 4 heteroatoms. The van der Waals surface area contributed by atoms with E-state index in [0.717, 1.165) is 18.6 Å². The van der Waals surface area contributed by atoms with Gasteiger partial charge in [-0.25, -0.2) is 4.39 Å². The average Bonchev–Trinajstić information content (AvgIpc) is 2.89. The first-order chi connectivity index (χ1) is 9.16. The van der Waals surface area contributed by atoms with Crippen LogP contribution >= 0.6 is 0 Å². The minimum absolute atomic E-state index is 0.140. The Balaban J connectivity index is 2.18. The molecule has 1 aromatic carbocycles. The van der Waals surface area contributed by atoms with Crippen LogP contribution in [0, 0.1) is 5.82 Å². The highest BCUT2D eigenvalue weighted by Crippen LogP contribution is 2.43. The van der Waals surface area contributed by atoms with E-state index in [1.807, 2.05) is 0 Å². The zero-order chi connectivity index (χ0) is 13.5. The van der Waals surface area contributed by atoms with E-state index in [9.17, 15) is 9.50 Å². The lowest BCUT2D eigenvalue weighted by molar-refractivity contribution is 0.0548. The van der Waals surface area contributed by atoms with Gasteiger partial charge in [0.25, 0.3) is 0 Å². The van der Waals surface area contributed by atoms with Crippen molar-refractivity contribution >= 4 is 0 Å². The molecule has 1 heterocycles. The van der Waals surface area contributed by atoms with E-state index in [2.05, 4.69) is 0 Å². The summed E-state index contributed by atoms with van der Waals surface area (Å²) >= 11 is 0. The minimum atomic E-state index is -1.33. The highest BCUT2D eigenvalue weighted by atomic mass is 19.1. The zero-order valence-electron chi connectivity index (χ0n) is 10.6. The van der Waals surface area contributed by atoms with Gasteiger partial charge in [-0.05, 0) is 25.0 Å². The summed E-state index contributed by atoms with van der Waals surface area (Å²) in [4.78, 5) is 0. The van der Waals surface area contributed by atoms with Gasteiger partial charge in [-0.2, -0.15) is 0 Å². The van der Waals surface area contributed by atoms with Crippen molar-refractivity contribution in [3.63, 3.8) is 0 Å². The second-order valence-electron chi connectivity index (χ2n) is 4.79. The Labute approximate surface area is 110 Å². The van der Waals surface area contributed by atoms with Gasteiger partial charge in [-0.3, -0.25) is 0 Å². The number of hydrogen-bond acceptors (Lipinski definition) is 3. The van der Waals surface area contributed by atoms with Gasteiger partial charge in [0.1, 0.15) is 11.4 Å². The van der Waals surface area contributed by atoms with Crippen LogP contribution in [0.5, 0.6) is 5.75 Å². The summed E-state index contributed by atoms with van der Waals surface area (Å²) in [5, 5.41) is 10.9. The number of fused-ring (bicyclic) bond motifs is 1. The van der Waals surface area contributed by atoms with Crippen LogP contribution in [0.1, 0.15) is 29.7 Å². The Morgan fingerprint density at radius 2 is 2.16 bits per heavy atom. The molecule has 0 bridgehead atoms. The van der Waals surface area contributed by atoms with E-state index in [1.165, 1.54) is 7.11 Å². The molecule has 0 saturated carbocycles. The van der Waals surface area contributed by atoms with Gasteiger partial charge < -0.3 is 14.3 Å². The number of ether oxygens (including phenoxy) is 1. The maximum atomic E-state index is 14.4. The Bertz CT molecular complexity index is 605. The van der Waals surface area contributed by atoms with E-state index in [4.69, 9.17) is 9.15 Å². The molecule has 3 rings (SSSR count). The highest BCUT2D eigenvalue weighted by molar-refractivity contribution is 5.43. The number of benzene rings is 1. The van der Waals surface area contributed by atoms with Crippen molar-refractivity contribution in [3.8, 4) is 5.75 Å². The number of rotatable bonds is 2. The van der Waals surface area contributed by atoms with E-state index in [1.54, 1.807) is 30.5 Å². The lowest BCUT2D eigenvalue weighted by Gasteiger charge is -2.32. The van der Waals surface area contributed by atoms with Crippen molar-refractivity contribution in [2.75, 3.05) is 7.11 Å². The van der Waals surface area contributed by atoms with E-state index >= 15 is 0 Å². The van der Waals surface area contributed by atoms with Crippen LogP contribution in [-0.4, -0.2) is 12.2 Å². The fourth-order valence-electron chi connectivity index (χ4n) is 2.81. The summed E-state index contributed by atoms with van der Waals surface area (Å²) in [7, 11) is 1.41. The van der Waals surface area contributed by atoms with Crippen molar-refractivity contribution in [2.24, 2.45) is 0 Å². The maximum absolute atomic E-state index is 14.4. The van der Waals surface area contributed by atoms with Crippen molar-refractivity contribution in [3.05, 3.63) is 53.2 Å². The highest BCUT2D eigenvalue weighted by Gasteiger charge is 2.40. The van der Waals surface area contributed by atoms with Crippen molar-refractivity contribution < 1.29 is 18.7 Å². The molecule has 19 heavy (non-hydrogen) atoms. The first-order valence-electron chi connectivity index (χ1n) is 6.29. The monoisotopic (exact) mass is 262 g/mol. The molecular weight excluding hydrogens is 247 g/mol. The van der Waals surface area contributed by atoms with Crippen LogP contribution < -0.4 is 4.74 Å². The first kappa shape index (κ1) is 12.2. The third-order valence-corrected chi connectivity index (χ3v) is 3.76. The molecule has 3 nitrogen and oxygen atoms in total. The molecule has 0 radical (unpaired) electrons. The molecule has 1 atom stereocenters. The normalized spacial score (nSPS) is 22.1. The van der Waals surface area contributed by atoms with Crippen LogP contribution in [-0.2, 0) is 12.0 Å². The Kier molecular flexibility index (Phi) is 2.82. The molecule has 0 aliphatic heterocycles. The second-order valence-corrected chi connectivity index (χ2v) is 4.79. The minimum Gasteiger partial charge on any atom is -0.494 e. The Hall–Kier alpha value is -1.81. The third kappa shape index (κ3) is 1.75. The quantitative estimate of drug-likeness (QED) is 0.904. The van der Waals surface area contributed by atoms with Crippen LogP contribution in [0.4, 0.5) is 4.39 Å². The summed E-state index contributed by atoms with van der Waals surface area (Å²) in [6.45, 7) is 0. The summed E-state index contributed by atoms with van der Waals surface area (Å²) in [6.07, 6.45) is 3.55. The maximum Gasteiger partial charge on any atom is 0.171 e. The van der Waals surface area contributed by atoms with Gasteiger partial charge >= 0.3 is 0 Å². The molecule has 100 valence electrons. The van der Waals surface area contributed by atoms with Crippen LogP contribution in [0.15, 0.2) is 34.9 Å². The number of aryl methyl sites for hydroxylation is 1. The zero-order valence-corrected chi connectivity index (χ0v) is 10.6. The molecule has 1 aliphatic carbocycles. The summed E-state index contributed by atoms with van der Waals surface area (Å²) in [5.41, 5.74) is -0.431. The van der Waals surface area contributed by atoms with E-state index < -0.39 is 11.4 Å². The number of aliphatic hydroxyl groups is 1. The Morgan fingerprint density at radius 1 is 1.32 bits per heavy atom. The third-order valence-electron chi connectivity index (χ3n) is 3.76. The summed E-state index contributed by atoms with van der Waals surface area (Å²) < 4.78 is 24.7. The lowest BCUT2D eigenvalue weighted by Crippen LogP contribution is -2.32. The molecule has 1 N–H and O–H groups in total. The van der Waals surface area contributed by atoms with Gasteiger partial charge in [-0.1, -0.05) is 12.1 Å². The van der Waals surface area contributed by atoms with Gasteiger partial charge in [0.15, 0.2) is 11.6 Å². The number of furan rings is 1. The molecule has 2 aromatic rings. The molecular formula is C15H15FO3. The van der Waals surface area contributed by atoms with Crippen molar-refractivity contribution in [2.45, 2.75) is 24.9 Å². The van der Waals surface area contributed by atoms with Crippen LogP contribution in [0.3, 0.4) is 0 Å². The topological polar surface area (TPSA) is 42.6 Å². The van der Waals surface area contributed by atoms with Gasteiger partial charge in [0, 0.05) is 17.5 Å². The lowest BCUT2D eigenvalue weighted by atomic mass is 9.78.